The van der Waals surface area contributed by atoms with Crippen LogP contribution in [0.15, 0.2) is 34.7 Å². The number of nitrogens with one attached hydrogen (secondary N) is 1. The molecule has 1 atom stereocenters. The van der Waals surface area contributed by atoms with Crippen LogP contribution in [0.2, 0.25) is 10.0 Å². The molecule has 0 bridgehead atoms. The molecule has 116 valence electrons. The summed E-state index contributed by atoms with van der Waals surface area (Å²) in [6.45, 7) is 3.15. The Morgan fingerprint density at radius 3 is 2.59 bits per heavy atom. The Kier molecular flexibility index (Phi) is 5.11. The van der Waals surface area contributed by atoms with Crippen LogP contribution in [-0.2, 0) is 9.53 Å². The highest BCUT2D eigenvalue weighted by atomic mass is 35.5. The smallest absolute Gasteiger partial charge is 0.375 e. The Balaban J connectivity index is 2.00. The van der Waals surface area contributed by atoms with E-state index >= 15 is 0 Å². The molecule has 0 aliphatic heterocycles. The number of esters is 1. The van der Waals surface area contributed by atoms with E-state index in [0.29, 0.717) is 21.5 Å². The summed E-state index contributed by atoms with van der Waals surface area (Å²) in [5, 5.41) is 3.31. The van der Waals surface area contributed by atoms with Gasteiger partial charge in [-0.3, -0.25) is 4.79 Å². The van der Waals surface area contributed by atoms with Crippen molar-refractivity contribution in [3.05, 3.63) is 51.9 Å². The molecule has 1 heterocycles. The molecule has 0 saturated heterocycles. The van der Waals surface area contributed by atoms with E-state index in [9.17, 15) is 9.59 Å². The summed E-state index contributed by atoms with van der Waals surface area (Å²) in [5.74, 6) is -0.624. The van der Waals surface area contributed by atoms with Crippen molar-refractivity contribution in [1.29, 1.82) is 0 Å². The predicted molar refractivity (Wildman–Crippen MR) is 83.4 cm³/mol. The molecule has 1 N–H and O–H groups in total. The highest BCUT2D eigenvalue weighted by Gasteiger charge is 2.21. The van der Waals surface area contributed by atoms with E-state index in [-0.39, 0.29) is 5.76 Å². The zero-order chi connectivity index (χ0) is 16.3. The molecule has 2 rings (SSSR count). The molecular weight excluding hydrogens is 329 g/mol. The first-order valence-electron chi connectivity index (χ1n) is 6.40. The van der Waals surface area contributed by atoms with Crippen LogP contribution in [0.5, 0.6) is 0 Å². The van der Waals surface area contributed by atoms with Crippen molar-refractivity contribution < 1.29 is 18.7 Å². The molecule has 7 heteroatoms. The van der Waals surface area contributed by atoms with Gasteiger partial charge in [0.1, 0.15) is 5.76 Å². The molecule has 5 nitrogen and oxygen atoms in total. The number of benzene rings is 1. The molecule has 0 radical (unpaired) electrons. The van der Waals surface area contributed by atoms with Gasteiger partial charge in [0, 0.05) is 5.02 Å². The number of carbonyl (C=O) groups is 2. The molecule has 1 aromatic carbocycles. The molecule has 1 amide bonds. The summed E-state index contributed by atoms with van der Waals surface area (Å²) < 4.78 is 10.2. The van der Waals surface area contributed by atoms with E-state index in [0.717, 1.165) is 0 Å². The summed E-state index contributed by atoms with van der Waals surface area (Å²) in [6, 6.07) is 7.78. The zero-order valence-electron chi connectivity index (χ0n) is 11.9. The number of furan rings is 1. The van der Waals surface area contributed by atoms with Crippen LogP contribution in [0.4, 0.5) is 5.69 Å². The van der Waals surface area contributed by atoms with E-state index < -0.39 is 18.0 Å². The molecule has 22 heavy (non-hydrogen) atoms. The topological polar surface area (TPSA) is 68.5 Å². The minimum absolute atomic E-state index is 0.0398. The first-order valence-corrected chi connectivity index (χ1v) is 7.15. The van der Waals surface area contributed by atoms with Crippen LogP contribution in [0.25, 0.3) is 0 Å². The third-order valence-electron chi connectivity index (χ3n) is 2.78. The second-order valence-electron chi connectivity index (χ2n) is 4.57. The monoisotopic (exact) mass is 341 g/mol. The number of amides is 1. The highest BCUT2D eigenvalue weighted by Crippen LogP contribution is 2.25. The van der Waals surface area contributed by atoms with Crippen molar-refractivity contribution in [2.45, 2.75) is 20.0 Å². The lowest BCUT2D eigenvalue weighted by molar-refractivity contribution is -0.123. The summed E-state index contributed by atoms with van der Waals surface area (Å²) >= 11 is 11.8. The Hall–Kier alpha value is -1.98. The Bertz CT molecular complexity index is 711. The van der Waals surface area contributed by atoms with Crippen molar-refractivity contribution in [1.82, 2.24) is 0 Å². The lowest BCUT2D eigenvalue weighted by Crippen LogP contribution is -2.30. The van der Waals surface area contributed by atoms with Gasteiger partial charge in [-0.15, -0.1) is 0 Å². The second kappa shape index (κ2) is 6.85. The van der Waals surface area contributed by atoms with E-state index in [2.05, 4.69) is 5.32 Å². The maximum Gasteiger partial charge on any atom is 0.375 e. The highest BCUT2D eigenvalue weighted by molar-refractivity contribution is 6.35. The molecule has 1 unspecified atom stereocenters. The van der Waals surface area contributed by atoms with Crippen molar-refractivity contribution in [2.75, 3.05) is 5.32 Å². The van der Waals surface area contributed by atoms with Gasteiger partial charge >= 0.3 is 5.97 Å². The van der Waals surface area contributed by atoms with Crippen LogP contribution in [-0.4, -0.2) is 18.0 Å². The van der Waals surface area contributed by atoms with Crippen LogP contribution < -0.4 is 5.32 Å². The molecule has 0 aliphatic rings. The fourth-order valence-electron chi connectivity index (χ4n) is 1.64. The Labute approximate surface area is 137 Å². The molecule has 0 spiro atoms. The Morgan fingerprint density at radius 1 is 1.23 bits per heavy atom. The van der Waals surface area contributed by atoms with Gasteiger partial charge in [0.15, 0.2) is 6.10 Å². The van der Waals surface area contributed by atoms with Gasteiger partial charge in [0.25, 0.3) is 5.91 Å². The van der Waals surface area contributed by atoms with E-state index in [1.165, 1.54) is 19.1 Å². The van der Waals surface area contributed by atoms with E-state index in [1.54, 1.807) is 25.1 Å². The summed E-state index contributed by atoms with van der Waals surface area (Å²) in [5.41, 5.74) is 0.343. The predicted octanol–water partition coefficient (Wildman–Crippen LogP) is 4.08. The summed E-state index contributed by atoms with van der Waals surface area (Å²) in [7, 11) is 0. The number of halogens is 2. The van der Waals surface area contributed by atoms with Crippen LogP contribution >= 0.6 is 23.2 Å². The van der Waals surface area contributed by atoms with Crippen molar-refractivity contribution in [3.8, 4) is 0 Å². The van der Waals surface area contributed by atoms with Crippen LogP contribution in [0, 0.1) is 6.92 Å². The van der Waals surface area contributed by atoms with Gasteiger partial charge in [-0.05, 0) is 44.2 Å². The number of anilines is 1. The van der Waals surface area contributed by atoms with Gasteiger partial charge in [-0.25, -0.2) is 4.79 Å². The van der Waals surface area contributed by atoms with Crippen LogP contribution in [0.1, 0.15) is 23.2 Å². The number of carbonyl (C=O) groups excluding carboxylic acids is 2. The first kappa shape index (κ1) is 16.4. The number of hydrogen-bond donors (Lipinski definition) is 1. The largest absolute Gasteiger partial charge is 0.454 e. The van der Waals surface area contributed by atoms with Gasteiger partial charge in [-0.1, -0.05) is 23.2 Å². The summed E-state index contributed by atoms with van der Waals surface area (Å²) in [4.78, 5) is 23.8. The SMILES string of the molecule is Cc1ccc(C(=O)OC(C)C(=O)Nc2cc(Cl)ccc2Cl)o1. The van der Waals surface area contributed by atoms with Gasteiger partial charge in [0.2, 0.25) is 5.76 Å². The number of ether oxygens (including phenoxy) is 1. The zero-order valence-corrected chi connectivity index (χ0v) is 13.4. The third-order valence-corrected chi connectivity index (χ3v) is 3.35. The molecule has 0 aliphatic carbocycles. The van der Waals surface area contributed by atoms with E-state index in [1.807, 2.05) is 0 Å². The first-order chi connectivity index (χ1) is 10.4. The van der Waals surface area contributed by atoms with Crippen LogP contribution in [0.3, 0.4) is 0 Å². The fourth-order valence-corrected chi connectivity index (χ4v) is 1.98. The van der Waals surface area contributed by atoms with Crippen molar-refractivity contribution in [2.24, 2.45) is 0 Å². The quantitative estimate of drug-likeness (QED) is 0.850. The number of aryl methyl sites for hydroxylation is 1. The van der Waals surface area contributed by atoms with Gasteiger partial charge < -0.3 is 14.5 Å². The fraction of sp³-hybridized carbons (Fsp3) is 0.200. The minimum Gasteiger partial charge on any atom is -0.454 e. The maximum atomic E-state index is 12.0. The normalized spacial score (nSPS) is 11.8. The lowest BCUT2D eigenvalue weighted by Gasteiger charge is -2.13. The average Bonchev–Trinajstić information content (AvgIpc) is 2.89. The van der Waals surface area contributed by atoms with Gasteiger partial charge in [-0.2, -0.15) is 0 Å². The second-order valence-corrected chi connectivity index (χ2v) is 5.41. The number of hydrogen-bond acceptors (Lipinski definition) is 4. The molecule has 0 fully saturated rings. The van der Waals surface area contributed by atoms with Gasteiger partial charge in [0.05, 0.1) is 10.7 Å². The lowest BCUT2D eigenvalue weighted by atomic mass is 10.3. The summed E-state index contributed by atoms with van der Waals surface area (Å²) in [6.07, 6.45) is -1.02. The molecule has 1 aromatic heterocycles. The standard InChI is InChI=1S/C15H13Cl2NO4/c1-8-3-6-13(21-8)15(20)22-9(2)14(19)18-12-7-10(16)4-5-11(12)17/h3-7,9H,1-2H3,(H,18,19). The Morgan fingerprint density at radius 2 is 1.95 bits per heavy atom. The average molecular weight is 342 g/mol. The minimum atomic E-state index is -1.02. The third kappa shape index (κ3) is 4.02. The van der Waals surface area contributed by atoms with Crippen molar-refractivity contribution in [3.63, 3.8) is 0 Å². The molecule has 0 saturated carbocycles. The van der Waals surface area contributed by atoms with E-state index in [4.69, 9.17) is 32.4 Å². The number of rotatable bonds is 4. The van der Waals surface area contributed by atoms with Crippen molar-refractivity contribution >= 4 is 40.8 Å². The molecular formula is C15H13Cl2NO4. The molecule has 2 aromatic rings. The maximum absolute atomic E-state index is 12.0.